The van der Waals surface area contributed by atoms with Crippen LogP contribution >= 0.6 is 0 Å². The lowest BCUT2D eigenvalue weighted by atomic mass is 10.1. The summed E-state index contributed by atoms with van der Waals surface area (Å²) in [7, 11) is 3.79. The van der Waals surface area contributed by atoms with Crippen LogP contribution in [0, 0.1) is 0 Å². The van der Waals surface area contributed by atoms with Crippen LogP contribution < -0.4 is 0 Å². The lowest BCUT2D eigenvalue weighted by Gasteiger charge is -2.26. The first kappa shape index (κ1) is 19.2. The molecule has 0 aliphatic carbocycles. The molecule has 0 unspecified atom stereocenters. The summed E-state index contributed by atoms with van der Waals surface area (Å²) in [4.78, 5) is 16.3. The molecule has 0 aliphatic heterocycles. The number of hydrogen-bond donors (Lipinski definition) is 1. The molecule has 0 saturated carbocycles. The molecule has 25 heavy (non-hydrogen) atoms. The number of likely N-dealkylation sites (N-methyl/N-ethyl adjacent to an activating group) is 1. The van der Waals surface area contributed by atoms with Gasteiger partial charge in [-0.3, -0.25) is 9.69 Å². The Morgan fingerprint density at radius 1 is 0.960 bits per heavy atom. The molecule has 4 nitrogen and oxygen atoms in total. The van der Waals surface area contributed by atoms with Crippen molar-refractivity contribution < 1.29 is 9.90 Å². The summed E-state index contributed by atoms with van der Waals surface area (Å²) in [5.41, 5.74) is 2.11. The summed E-state index contributed by atoms with van der Waals surface area (Å²) in [5, 5.41) is 9.90. The van der Waals surface area contributed by atoms with E-state index in [9.17, 15) is 9.90 Å². The van der Waals surface area contributed by atoms with Crippen molar-refractivity contribution in [3.8, 4) is 0 Å². The number of nitrogens with zero attached hydrogens (tertiary/aromatic N) is 2. The molecule has 1 N–H and O–H groups in total. The summed E-state index contributed by atoms with van der Waals surface area (Å²) in [6.07, 6.45) is 0. The highest BCUT2D eigenvalue weighted by atomic mass is 16.3. The predicted molar refractivity (Wildman–Crippen MR) is 101 cm³/mol. The molecule has 0 fully saturated rings. The molecule has 134 valence electrons. The maximum absolute atomic E-state index is 12.6. The van der Waals surface area contributed by atoms with Gasteiger partial charge in [-0.05, 0) is 44.2 Å². The average Bonchev–Trinajstić information content (AvgIpc) is 2.53. The number of amides is 1. The van der Waals surface area contributed by atoms with Crippen LogP contribution in [0.5, 0.6) is 0 Å². The first-order valence-electron chi connectivity index (χ1n) is 8.54. The molecule has 0 spiro atoms. The van der Waals surface area contributed by atoms with E-state index in [1.807, 2.05) is 42.5 Å². The van der Waals surface area contributed by atoms with E-state index >= 15 is 0 Å². The van der Waals surface area contributed by atoms with Gasteiger partial charge in [0.15, 0.2) is 0 Å². The van der Waals surface area contributed by atoms with Crippen molar-refractivity contribution in [2.24, 2.45) is 0 Å². The van der Waals surface area contributed by atoms with Crippen molar-refractivity contribution in [2.45, 2.75) is 32.5 Å². The standard InChI is InChI=1S/C21H28N2O2/c1-21(2,25)16-23(4)20(24)19-12-8-11-18(13-19)15-22(3)14-17-9-6-5-7-10-17/h5-13,25H,14-16H2,1-4H3. The molecule has 0 radical (unpaired) electrons. The summed E-state index contributed by atoms with van der Waals surface area (Å²) in [5.74, 6) is -0.0744. The van der Waals surface area contributed by atoms with Gasteiger partial charge in [0.25, 0.3) is 5.91 Å². The molecule has 2 aromatic rings. The van der Waals surface area contributed by atoms with Gasteiger partial charge in [-0.25, -0.2) is 0 Å². The van der Waals surface area contributed by atoms with E-state index < -0.39 is 5.60 Å². The Morgan fingerprint density at radius 2 is 1.56 bits per heavy atom. The topological polar surface area (TPSA) is 43.8 Å². The van der Waals surface area contributed by atoms with Gasteiger partial charge in [-0.2, -0.15) is 0 Å². The van der Waals surface area contributed by atoms with Crippen molar-refractivity contribution in [3.63, 3.8) is 0 Å². The molecule has 0 atom stereocenters. The van der Waals surface area contributed by atoms with Crippen LogP contribution in [0.1, 0.15) is 35.3 Å². The van der Waals surface area contributed by atoms with Gasteiger partial charge in [0.2, 0.25) is 0 Å². The minimum absolute atomic E-state index is 0.0744. The quantitative estimate of drug-likeness (QED) is 0.842. The lowest BCUT2D eigenvalue weighted by Crippen LogP contribution is -2.39. The third kappa shape index (κ3) is 6.33. The zero-order valence-electron chi connectivity index (χ0n) is 15.6. The van der Waals surface area contributed by atoms with Crippen molar-refractivity contribution in [2.75, 3.05) is 20.6 Å². The number of carbonyl (C=O) groups is 1. The average molecular weight is 340 g/mol. The van der Waals surface area contributed by atoms with E-state index in [1.54, 1.807) is 25.8 Å². The zero-order chi connectivity index (χ0) is 18.4. The van der Waals surface area contributed by atoms with E-state index in [4.69, 9.17) is 0 Å². The molecule has 0 aliphatic rings. The van der Waals surface area contributed by atoms with E-state index in [0.29, 0.717) is 12.1 Å². The highest BCUT2D eigenvalue weighted by Gasteiger charge is 2.20. The maximum Gasteiger partial charge on any atom is 0.253 e. The Bertz CT molecular complexity index is 693. The third-order valence-electron chi connectivity index (χ3n) is 3.89. The van der Waals surface area contributed by atoms with Crippen molar-refractivity contribution in [1.82, 2.24) is 9.80 Å². The summed E-state index contributed by atoms with van der Waals surface area (Å²) >= 11 is 0. The first-order chi connectivity index (χ1) is 11.7. The van der Waals surface area contributed by atoms with Gasteiger partial charge in [0.05, 0.1) is 5.60 Å². The molecule has 0 heterocycles. The molecular formula is C21H28N2O2. The Balaban J connectivity index is 2.01. The second kappa shape index (κ2) is 8.28. The smallest absolute Gasteiger partial charge is 0.253 e. The van der Waals surface area contributed by atoms with Crippen molar-refractivity contribution in [1.29, 1.82) is 0 Å². The Morgan fingerprint density at radius 3 is 2.20 bits per heavy atom. The van der Waals surface area contributed by atoms with Crippen LogP contribution in [0.25, 0.3) is 0 Å². The minimum atomic E-state index is -0.905. The highest BCUT2D eigenvalue weighted by Crippen LogP contribution is 2.13. The van der Waals surface area contributed by atoms with Crippen LogP contribution in [0.2, 0.25) is 0 Å². The molecular weight excluding hydrogens is 312 g/mol. The molecule has 4 heteroatoms. The van der Waals surface area contributed by atoms with Crippen LogP contribution in [0.4, 0.5) is 0 Å². The molecule has 2 aromatic carbocycles. The Kier molecular flexibility index (Phi) is 6.34. The number of hydrogen-bond acceptors (Lipinski definition) is 3. The van der Waals surface area contributed by atoms with Gasteiger partial charge in [-0.15, -0.1) is 0 Å². The van der Waals surface area contributed by atoms with E-state index in [2.05, 4.69) is 24.1 Å². The van der Waals surface area contributed by atoms with E-state index in [1.165, 1.54) is 5.56 Å². The van der Waals surface area contributed by atoms with Gasteiger partial charge in [0, 0.05) is 32.2 Å². The summed E-state index contributed by atoms with van der Waals surface area (Å²) in [6.45, 7) is 5.32. The highest BCUT2D eigenvalue weighted by molar-refractivity contribution is 5.94. The zero-order valence-corrected chi connectivity index (χ0v) is 15.6. The maximum atomic E-state index is 12.6. The molecule has 1 amide bonds. The Labute approximate surface area is 150 Å². The minimum Gasteiger partial charge on any atom is -0.389 e. The van der Waals surface area contributed by atoms with Gasteiger partial charge in [-0.1, -0.05) is 42.5 Å². The summed E-state index contributed by atoms with van der Waals surface area (Å²) < 4.78 is 0. The lowest BCUT2D eigenvalue weighted by molar-refractivity contribution is 0.0368. The van der Waals surface area contributed by atoms with Crippen molar-refractivity contribution in [3.05, 3.63) is 71.3 Å². The second-order valence-electron chi connectivity index (χ2n) is 7.33. The SMILES string of the molecule is CN(Cc1ccccc1)Cc1cccc(C(=O)N(C)CC(C)(C)O)c1. The van der Waals surface area contributed by atoms with E-state index in [0.717, 1.165) is 18.7 Å². The third-order valence-corrected chi connectivity index (χ3v) is 3.89. The fourth-order valence-electron chi connectivity index (χ4n) is 2.94. The molecule has 0 aromatic heterocycles. The van der Waals surface area contributed by atoms with Gasteiger partial charge >= 0.3 is 0 Å². The fourth-order valence-corrected chi connectivity index (χ4v) is 2.94. The fraction of sp³-hybridized carbons (Fsp3) is 0.381. The molecule has 0 bridgehead atoms. The summed E-state index contributed by atoms with van der Waals surface area (Å²) in [6, 6.07) is 18.0. The molecule has 2 rings (SSSR count). The number of carbonyl (C=O) groups excluding carboxylic acids is 1. The van der Waals surface area contributed by atoms with Crippen LogP contribution in [0.3, 0.4) is 0 Å². The monoisotopic (exact) mass is 340 g/mol. The number of rotatable bonds is 7. The van der Waals surface area contributed by atoms with Crippen LogP contribution in [-0.2, 0) is 13.1 Å². The predicted octanol–water partition coefficient (Wildman–Crippen LogP) is 3.16. The van der Waals surface area contributed by atoms with Gasteiger partial charge in [0.1, 0.15) is 0 Å². The largest absolute Gasteiger partial charge is 0.389 e. The second-order valence-corrected chi connectivity index (χ2v) is 7.33. The normalized spacial score (nSPS) is 11.6. The van der Waals surface area contributed by atoms with E-state index in [-0.39, 0.29) is 5.91 Å². The molecule has 0 saturated heterocycles. The number of aliphatic hydroxyl groups is 1. The van der Waals surface area contributed by atoms with Gasteiger partial charge < -0.3 is 10.0 Å². The first-order valence-corrected chi connectivity index (χ1v) is 8.54. The van der Waals surface area contributed by atoms with Crippen LogP contribution in [-0.4, -0.2) is 47.1 Å². The Hall–Kier alpha value is -2.17. The van der Waals surface area contributed by atoms with Crippen molar-refractivity contribution >= 4 is 5.91 Å². The number of benzene rings is 2. The van der Waals surface area contributed by atoms with Crippen LogP contribution in [0.15, 0.2) is 54.6 Å².